The highest BCUT2D eigenvalue weighted by atomic mass is 16.3. The van der Waals surface area contributed by atoms with E-state index in [1.165, 1.54) is 24.1 Å². The van der Waals surface area contributed by atoms with Crippen molar-refractivity contribution in [1.82, 2.24) is 5.32 Å². The number of β-amino-alcohol motifs (C(OH)–C–C–N with tert-alkyl or cyclic N) is 1. The zero-order valence-electron chi connectivity index (χ0n) is 12.8. The minimum atomic E-state index is -0.306. The van der Waals surface area contributed by atoms with Crippen LogP contribution in [0, 0.1) is 5.92 Å². The van der Waals surface area contributed by atoms with Gasteiger partial charge in [-0.3, -0.25) is 0 Å². The van der Waals surface area contributed by atoms with Crippen LogP contribution >= 0.6 is 0 Å². The molecular weight excluding hydrogens is 248 g/mol. The number of aryl methyl sites for hydroxylation is 1. The van der Waals surface area contributed by atoms with Gasteiger partial charge in [0.1, 0.15) is 0 Å². The summed E-state index contributed by atoms with van der Waals surface area (Å²) < 4.78 is 0. The van der Waals surface area contributed by atoms with Gasteiger partial charge in [0.15, 0.2) is 0 Å². The van der Waals surface area contributed by atoms with E-state index < -0.39 is 0 Å². The van der Waals surface area contributed by atoms with Crippen LogP contribution in [0.25, 0.3) is 0 Å². The van der Waals surface area contributed by atoms with Crippen LogP contribution in [-0.2, 0) is 6.42 Å². The molecule has 0 radical (unpaired) electrons. The Hall–Kier alpha value is -1.06. The predicted molar refractivity (Wildman–Crippen MR) is 85.3 cm³/mol. The van der Waals surface area contributed by atoms with Crippen LogP contribution in [0.1, 0.15) is 32.3 Å². The molecule has 0 bridgehead atoms. The quantitative estimate of drug-likeness (QED) is 0.837. The van der Waals surface area contributed by atoms with Crippen molar-refractivity contribution >= 4 is 5.69 Å². The number of nitrogens with zero attached hydrogens (tertiary/aromatic N) is 1. The summed E-state index contributed by atoms with van der Waals surface area (Å²) in [5.74, 6) is 0.626. The fraction of sp³-hybridized carbons (Fsp3) is 0.647. The van der Waals surface area contributed by atoms with Gasteiger partial charge in [0, 0.05) is 25.3 Å². The molecule has 0 aromatic heterocycles. The molecule has 2 rings (SSSR count). The molecule has 20 heavy (non-hydrogen) atoms. The molecule has 0 saturated carbocycles. The van der Waals surface area contributed by atoms with Crippen molar-refractivity contribution in [3.05, 3.63) is 29.8 Å². The van der Waals surface area contributed by atoms with Crippen molar-refractivity contribution < 1.29 is 5.11 Å². The van der Waals surface area contributed by atoms with Gasteiger partial charge >= 0.3 is 0 Å². The number of hydrogen-bond acceptors (Lipinski definition) is 3. The molecule has 0 amide bonds. The molecule has 1 aliphatic rings. The number of para-hydroxylation sites is 1. The van der Waals surface area contributed by atoms with Crippen molar-refractivity contribution in [2.45, 2.75) is 39.2 Å². The van der Waals surface area contributed by atoms with Gasteiger partial charge in [0.05, 0.1) is 6.10 Å². The first-order chi connectivity index (χ1) is 9.66. The predicted octanol–water partition coefficient (Wildman–Crippen LogP) is 2.44. The highest BCUT2D eigenvalue weighted by molar-refractivity contribution is 5.54. The number of aliphatic hydroxyl groups excluding tert-OH is 1. The normalized spacial score (nSPS) is 16.9. The molecule has 1 aliphatic heterocycles. The van der Waals surface area contributed by atoms with Gasteiger partial charge < -0.3 is 15.3 Å². The lowest BCUT2D eigenvalue weighted by atomic mass is 10.1. The number of nitrogens with one attached hydrogen (secondary N) is 1. The van der Waals surface area contributed by atoms with Gasteiger partial charge in [-0.05, 0) is 43.4 Å². The van der Waals surface area contributed by atoms with E-state index in [-0.39, 0.29) is 6.10 Å². The summed E-state index contributed by atoms with van der Waals surface area (Å²) >= 11 is 0. The van der Waals surface area contributed by atoms with Crippen LogP contribution in [0.15, 0.2) is 24.3 Å². The molecule has 112 valence electrons. The van der Waals surface area contributed by atoms with E-state index >= 15 is 0 Å². The van der Waals surface area contributed by atoms with Crippen molar-refractivity contribution in [1.29, 1.82) is 0 Å². The zero-order chi connectivity index (χ0) is 14.4. The fourth-order valence-electron chi connectivity index (χ4n) is 2.82. The smallest absolute Gasteiger partial charge is 0.0839 e. The summed E-state index contributed by atoms with van der Waals surface area (Å²) in [5, 5.41) is 13.6. The molecule has 3 nitrogen and oxygen atoms in total. The van der Waals surface area contributed by atoms with Crippen LogP contribution < -0.4 is 10.2 Å². The Labute approximate surface area is 123 Å². The molecule has 0 aliphatic carbocycles. The third-order valence-electron chi connectivity index (χ3n) is 3.82. The number of fused-ring (bicyclic) bond motifs is 1. The fourth-order valence-corrected chi connectivity index (χ4v) is 2.82. The van der Waals surface area contributed by atoms with E-state index in [2.05, 4.69) is 48.3 Å². The Bertz CT molecular complexity index is 406. The lowest BCUT2D eigenvalue weighted by molar-refractivity contribution is 0.175. The minimum Gasteiger partial charge on any atom is -0.390 e. The van der Waals surface area contributed by atoms with Crippen molar-refractivity contribution in [3.8, 4) is 0 Å². The average Bonchev–Trinajstić information content (AvgIpc) is 2.61. The van der Waals surface area contributed by atoms with Gasteiger partial charge in [0.25, 0.3) is 0 Å². The molecule has 2 N–H and O–H groups in total. The van der Waals surface area contributed by atoms with Gasteiger partial charge in [-0.1, -0.05) is 32.0 Å². The highest BCUT2D eigenvalue weighted by Gasteiger charge is 2.17. The van der Waals surface area contributed by atoms with Crippen LogP contribution in [0.4, 0.5) is 5.69 Å². The molecule has 0 spiro atoms. The number of hydrogen-bond donors (Lipinski definition) is 2. The first-order valence-corrected chi connectivity index (χ1v) is 7.88. The Morgan fingerprint density at radius 1 is 1.20 bits per heavy atom. The van der Waals surface area contributed by atoms with Crippen molar-refractivity contribution in [2.75, 3.05) is 31.1 Å². The Balaban J connectivity index is 1.91. The van der Waals surface area contributed by atoms with Crippen LogP contribution in [0.3, 0.4) is 0 Å². The highest BCUT2D eigenvalue weighted by Crippen LogP contribution is 2.25. The van der Waals surface area contributed by atoms with Crippen LogP contribution in [-0.4, -0.2) is 37.4 Å². The molecule has 3 heteroatoms. The van der Waals surface area contributed by atoms with E-state index in [9.17, 15) is 5.11 Å². The van der Waals surface area contributed by atoms with Crippen molar-refractivity contribution in [2.24, 2.45) is 5.92 Å². The van der Waals surface area contributed by atoms with Gasteiger partial charge in [0.2, 0.25) is 0 Å². The Morgan fingerprint density at radius 3 is 2.80 bits per heavy atom. The zero-order valence-corrected chi connectivity index (χ0v) is 12.8. The summed E-state index contributed by atoms with van der Waals surface area (Å²) in [6, 6.07) is 8.62. The van der Waals surface area contributed by atoms with Crippen molar-refractivity contribution in [3.63, 3.8) is 0 Å². The van der Waals surface area contributed by atoms with Crippen LogP contribution in [0.5, 0.6) is 0 Å². The topological polar surface area (TPSA) is 35.5 Å². The number of anilines is 1. The summed E-state index contributed by atoms with van der Waals surface area (Å²) in [6.07, 6.45) is 3.31. The standard InChI is InChI=1S/C17H28N2O/c1-14(2)11-18-12-16(20)13-19-10-6-5-8-15-7-3-4-9-17(15)19/h3-4,7,9,14,16,18,20H,5-6,8,10-13H2,1-2H3. The summed E-state index contributed by atoms with van der Waals surface area (Å²) in [7, 11) is 0. The second-order valence-electron chi connectivity index (χ2n) is 6.24. The summed E-state index contributed by atoms with van der Waals surface area (Å²) in [5.41, 5.74) is 2.74. The molecular formula is C17H28N2O. The van der Waals surface area contributed by atoms with E-state index in [4.69, 9.17) is 0 Å². The van der Waals surface area contributed by atoms with E-state index in [1.807, 2.05) is 0 Å². The molecule has 0 fully saturated rings. The van der Waals surface area contributed by atoms with E-state index in [0.29, 0.717) is 12.5 Å². The van der Waals surface area contributed by atoms with Gasteiger partial charge in [-0.15, -0.1) is 0 Å². The molecule has 1 heterocycles. The maximum atomic E-state index is 10.2. The first kappa shape index (κ1) is 15.3. The molecule has 1 atom stereocenters. The number of benzene rings is 1. The Morgan fingerprint density at radius 2 is 2.00 bits per heavy atom. The first-order valence-electron chi connectivity index (χ1n) is 7.88. The minimum absolute atomic E-state index is 0.306. The summed E-state index contributed by atoms with van der Waals surface area (Å²) in [6.45, 7) is 7.79. The summed E-state index contributed by atoms with van der Waals surface area (Å²) in [4.78, 5) is 2.35. The van der Waals surface area contributed by atoms with Gasteiger partial charge in [-0.2, -0.15) is 0 Å². The maximum absolute atomic E-state index is 10.2. The Kier molecular flexibility index (Phi) is 5.86. The third-order valence-corrected chi connectivity index (χ3v) is 3.82. The van der Waals surface area contributed by atoms with Crippen LogP contribution in [0.2, 0.25) is 0 Å². The lowest BCUT2D eigenvalue weighted by Gasteiger charge is -2.27. The number of aliphatic hydroxyl groups is 1. The largest absolute Gasteiger partial charge is 0.390 e. The van der Waals surface area contributed by atoms with Gasteiger partial charge in [-0.25, -0.2) is 0 Å². The third kappa shape index (κ3) is 4.50. The lowest BCUT2D eigenvalue weighted by Crippen LogP contribution is -2.39. The maximum Gasteiger partial charge on any atom is 0.0839 e. The number of rotatable bonds is 6. The van der Waals surface area contributed by atoms with E-state index in [1.54, 1.807) is 0 Å². The average molecular weight is 276 g/mol. The SMILES string of the molecule is CC(C)CNCC(O)CN1CCCCc2ccccc21. The molecule has 1 unspecified atom stereocenters. The monoisotopic (exact) mass is 276 g/mol. The second-order valence-corrected chi connectivity index (χ2v) is 6.24. The molecule has 1 aromatic rings. The van der Waals surface area contributed by atoms with E-state index in [0.717, 1.165) is 26.1 Å². The molecule has 0 saturated heterocycles. The molecule has 1 aromatic carbocycles. The second kappa shape index (κ2) is 7.65.